The number of allylic oxidation sites excluding steroid dienone is 2. The molecule has 324 valence electrons. The number of hydrogen-bond donors (Lipinski definition) is 1. The van der Waals surface area contributed by atoms with E-state index in [1.807, 2.05) is 0 Å². The second kappa shape index (κ2) is 19.7. The van der Waals surface area contributed by atoms with E-state index in [-0.39, 0.29) is 51.0 Å². The Balaban J connectivity index is 1.01. The van der Waals surface area contributed by atoms with Crippen molar-refractivity contribution in [3.05, 3.63) is 12.2 Å². The minimum absolute atomic E-state index is 0.00675. The van der Waals surface area contributed by atoms with Gasteiger partial charge in [-0.25, -0.2) is 0 Å². The van der Waals surface area contributed by atoms with Gasteiger partial charge in [0.1, 0.15) is 6.10 Å². The van der Waals surface area contributed by atoms with Gasteiger partial charge in [0.15, 0.2) is 0 Å². The van der Waals surface area contributed by atoms with Gasteiger partial charge in [-0.2, -0.15) is 0 Å². The highest BCUT2D eigenvalue weighted by atomic mass is 16.5. The molecule has 4 aliphatic carbocycles. The summed E-state index contributed by atoms with van der Waals surface area (Å²) in [5.41, 5.74) is 0.151. The molecule has 4 saturated carbocycles. The molecule has 0 aromatic rings. The van der Waals surface area contributed by atoms with Crippen LogP contribution in [0.1, 0.15) is 242 Å². The van der Waals surface area contributed by atoms with Crippen molar-refractivity contribution in [2.75, 3.05) is 0 Å². The molecule has 0 unspecified atom stereocenters. The Morgan fingerprint density at radius 2 is 1.23 bits per heavy atom. The Morgan fingerprint density at radius 1 is 0.661 bits per heavy atom. The predicted octanol–water partition coefficient (Wildman–Crippen LogP) is 14.9. The molecular weight excluding hydrogens is 689 g/mol. The Bertz CT molecular complexity index is 1250. The van der Waals surface area contributed by atoms with E-state index in [1.165, 1.54) is 128 Å². The second-order valence-corrected chi connectivity index (χ2v) is 22.6. The van der Waals surface area contributed by atoms with Crippen molar-refractivity contribution in [3.8, 4) is 0 Å². The van der Waals surface area contributed by atoms with E-state index in [0.29, 0.717) is 30.1 Å². The zero-order chi connectivity index (χ0) is 40.7. The Morgan fingerprint density at radius 3 is 1.84 bits per heavy atom. The maximum atomic E-state index is 13.3. The third-order valence-corrected chi connectivity index (χ3v) is 18.0. The van der Waals surface area contributed by atoms with E-state index in [1.54, 1.807) is 0 Å². The van der Waals surface area contributed by atoms with Crippen molar-refractivity contribution in [3.63, 3.8) is 0 Å². The number of esters is 1. The van der Waals surface area contributed by atoms with Crippen LogP contribution in [0.25, 0.3) is 0 Å². The maximum Gasteiger partial charge on any atom is 0.306 e. The number of ether oxygens (including phenoxy) is 2. The molecule has 5 fully saturated rings. The third-order valence-electron chi connectivity index (χ3n) is 18.0. The van der Waals surface area contributed by atoms with Crippen molar-refractivity contribution in [2.24, 2.45) is 45.3 Å². The van der Waals surface area contributed by atoms with Gasteiger partial charge < -0.3 is 14.6 Å². The summed E-state index contributed by atoms with van der Waals surface area (Å²) in [6.45, 7) is 21.8. The van der Waals surface area contributed by atoms with Crippen LogP contribution in [-0.2, 0) is 14.3 Å². The molecule has 0 radical (unpaired) electrons. The topological polar surface area (TPSA) is 55.8 Å². The predicted molar refractivity (Wildman–Crippen MR) is 236 cm³/mol. The molecule has 1 heterocycles. The molecular formula is C52H92O4. The van der Waals surface area contributed by atoms with Crippen molar-refractivity contribution < 1.29 is 19.4 Å². The molecule has 0 aromatic heterocycles. The van der Waals surface area contributed by atoms with E-state index in [4.69, 9.17) is 9.47 Å². The first-order chi connectivity index (χ1) is 26.5. The quantitative estimate of drug-likeness (QED) is 0.0716. The van der Waals surface area contributed by atoms with Gasteiger partial charge in [0.25, 0.3) is 0 Å². The fraction of sp³-hybridized carbons (Fsp3) is 0.942. The number of aliphatic hydroxyl groups is 1. The highest BCUT2D eigenvalue weighted by molar-refractivity contribution is 5.69. The molecule has 0 aromatic carbocycles. The zero-order valence-corrected chi connectivity index (χ0v) is 38.6. The van der Waals surface area contributed by atoms with E-state index < -0.39 is 0 Å². The lowest BCUT2D eigenvalue weighted by Crippen LogP contribution is -2.67. The molecule has 1 saturated heterocycles. The van der Waals surface area contributed by atoms with Crippen LogP contribution in [-0.4, -0.2) is 34.5 Å². The normalized spacial score (nSPS) is 38.9. The third kappa shape index (κ3) is 10.2. The standard InChI is InChI=1S/C52H92O4/c1-10-11-12-13-14-15-16-17-18-19-20-21-22-23-24-25-26-27-28-30-45(54)55-44-33-36-49(6)42(48(44,4)5)32-38-50(7)43(49)39-41(53)46-40(31-37-51(46,50)8)52(9)35-29-34-47(2,3)56-52/h17-18,40-44,46,53H,10-16,19-39H2,1-9H3/b18-17+/t40-,41+,42-,43+,44-,46-,49-,50+,51+,52+/m0/s1. The summed E-state index contributed by atoms with van der Waals surface area (Å²) in [5, 5.41) is 12.3. The maximum absolute atomic E-state index is 13.3. The monoisotopic (exact) mass is 781 g/mol. The SMILES string of the molecule is CCCCCCCC/C=C/CCCCCCCCCCCC(=O)O[C@H]1CC[C@]2(C)[C@H]3C[C@@H](O)[C@@H]4[C@@H]([C@@]5(C)CCCC(C)(C)O5)CC[C@@]4(C)[C@]3(C)CC[C@H]2C1(C)C. The number of carbonyl (C=O) groups is 1. The van der Waals surface area contributed by atoms with E-state index in [0.717, 1.165) is 44.9 Å². The molecule has 5 aliphatic rings. The Labute approximate surface area is 347 Å². The number of fused-ring (bicyclic) bond motifs is 5. The second-order valence-electron chi connectivity index (χ2n) is 22.6. The molecule has 4 nitrogen and oxygen atoms in total. The number of aliphatic hydroxyl groups excluding tert-OH is 1. The summed E-state index contributed by atoms with van der Waals surface area (Å²) in [6, 6.07) is 0. The highest BCUT2D eigenvalue weighted by Crippen LogP contribution is 2.76. The van der Waals surface area contributed by atoms with Crippen LogP contribution in [0.2, 0.25) is 0 Å². The molecule has 10 atom stereocenters. The van der Waals surface area contributed by atoms with Crippen molar-refractivity contribution >= 4 is 5.97 Å². The van der Waals surface area contributed by atoms with Crippen LogP contribution >= 0.6 is 0 Å². The van der Waals surface area contributed by atoms with Crippen LogP contribution in [0.5, 0.6) is 0 Å². The fourth-order valence-corrected chi connectivity index (χ4v) is 14.8. The van der Waals surface area contributed by atoms with E-state index in [2.05, 4.69) is 74.5 Å². The fourth-order valence-electron chi connectivity index (χ4n) is 14.8. The first kappa shape index (κ1) is 46.2. The van der Waals surface area contributed by atoms with Gasteiger partial charge in [-0.15, -0.1) is 0 Å². The Hall–Kier alpha value is -0.870. The van der Waals surface area contributed by atoms with Crippen LogP contribution in [0.3, 0.4) is 0 Å². The van der Waals surface area contributed by atoms with Gasteiger partial charge in [-0.1, -0.05) is 131 Å². The van der Waals surface area contributed by atoms with Crippen LogP contribution in [0.4, 0.5) is 0 Å². The lowest BCUT2D eigenvalue weighted by Gasteiger charge is -2.70. The average Bonchev–Trinajstić information content (AvgIpc) is 3.52. The number of rotatable bonds is 21. The summed E-state index contributed by atoms with van der Waals surface area (Å²) in [6.07, 6.45) is 38.6. The van der Waals surface area contributed by atoms with Crippen LogP contribution in [0, 0.1) is 45.3 Å². The van der Waals surface area contributed by atoms with Gasteiger partial charge in [0.05, 0.1) is 17.3 Å². The van der Waals surface area contributed by atoms with Gasteiger partial charge >= 0.3 is 5.97 Å². The minimum atomic E-state index is -0.276. The molecule has 1 aliphatic heterocycles. The van der Waals surface area contributed by atoms with Crippen LogP contribution < -0.4 is 0 Å². The molecule has 1 N–H and O–H groups in total. The van der Waals surface area contributed by atoms with Crippen LogP contribution in [0.15, 0.2) is 12.2 Å². The zero-order valence-electron chi connectivity index (χ0n) is 38.6. The van der Waals surface area contributed by atoms with E-state index >= 15 is 0 Å². The van der Waals surface area contributed by atoms with E-state index in [9.17, 15) is 9.90 Å². The lowest BCUT2D eigenvalue weighted by molar-refractivity contribution is -0.259. The number of unbranched alkanes of at least 4 members (excludes halogenated alkanes) is 15. The number of carbonyl (C=O) groups excluding carboxylic acids is 1. The van der Waals surface area contributed by atoms with Crippen molar-refractivity contribution in [1.29, 1.82) is 0 Å². The van der Waals surface area contributed by atoms with Gasteiger partial charge in [-0.05, 0) is 157 Å². The number of hydrogen-bond acceptors (Lipinski definition) is 4. The van der Waals surface area contributed by atoms with Crippen molar-refractivity contribution in [2.45, 2.75) is 266 Å². The van der Waals surface area contributed by atoms with Gasteiger partial charge in [0, 0.05) is 11.8 Å². The Kier molecular flexibility index (Phi) is 16.2. The lowest BCUT2D eigenvalue weighted by atomic mass is 9.35. The summed E-state index contributed by atoms with van der Waals surface area (Å²) < 4.78 is 13.4. The van der Waals surface area contributed by atoms with Gasteiger partial charge in [-0.3, -0.25) is 4.79 Å². The first-order valence-electron chi connectivity index (χ1n) is 24.8. The average molecular weight is 781 g/mol. The molecule has 0 spiro atoms. The van der Waals surface area contributed by atoms with Crippen molar-refractivity contribution in [1.82, 2.24) is 0 Å². The molecule has 5 rings (SSSR count). The summed E-state index contributed by atoms with van der Waals surface area (Å²) >= 11 is 0. The molecule has 4 heteroatoms. The first-order valence-corrected chi connectivity index (χ1v) is 24.8. The largest absolute Gasteiger partial charge is 0.462 e. The molecule has 0 bridgehead atoms. The molecule has 56 heavy (non-hydrogen) atoms. The summed E-state index contributed by atoms with van der Waals surface area (Å²) in [5.74, 6) is 1.72. The summed E-state index contributed by atoms with van der Waals surface area (Å²) in [7, 11) is 0. The summed E-state index contributed by atoms with van der Waals surface area (Å²) in [4.78, 5) is 13.3. The highest BCUT2D eigenvalue weighted by Gasteiger charge is 2.72. The minimum Gasteiger partial charge on any atom is -0.462 e. The van der Waals surface area contributed by atoms with Gasteiger partial charge in [0.2, 0.25) is 0 Å². The molecule has 0 amide bonds. The smallest absolute Gasteiger partial charge is 0.306 e.